The van der Waals surface area contributed by atoms with Gasteiger partial charge in [0, 0.05) is 0 Å². The molecule has 1 aromatic carbocycles. The number of hydrogen-bond donors (Lipinski definition) is 2. The van der Waals surface area contributed by atoms with Gasteiger partial charge in [-0.05, 0) is 18.4 Å². The van der Waals surface area contributed by atoms with Gasteiger partial charge in [-0.1, -0.05) is 44.2 Å². The molecule has 0 fully saturated rings. The summed E-state index contributed by atoms with van der Waals surface area (Å²) in [6, 6.07) is 4.01. The van der Waals surface area contributed by atoms with Gasteiger partial charge < -0.3 is 14.8 Å². The number of carbonyl (C=O) groups is 3. The van der Waals surface area contributed by atoms with Crippen molar-refractivity contribution < 1.29 is 37.0 Å². The van der Waals surface area contributed by atoms with E-state index < -0.39 is 54.5 Å². The van der Waals surface area contributed by atoms with E-state index in [1.54, 1.807) is 44.2 Å². The third-order valence-corrected chi connectivity index (χ3v) is 4.24. The summed E-state index contributed by atoms with van der Waals surface area (Å²) in [5.41, 5.74) is 0.692. The van der Waals surface area contributed by atoms with Crippen LogP contribution in [0.5, 0.6) is 0 Å². The van der Waals surface area contributed by atoms with Gasteiger partial charge in [-0.25, -0.2) is 4.79 Å². The Bertz CT molecular complexity index is 710. The second-order valence-electron chi connectivity index (χ2n) is 7.09. The van der Waals surface area contributed by atoms with Crippen molar-refractivity contribution in [3.8, 4) is 0 Å². The van der Waals surface area contributed by atoms with Gasteiger partial charge in [0.2, 0.25) is 5.91 Å². The highest BCUT2D eigenvalue weighted by molar-refractivity contribution is 5.84. The lowest BCUT2D eigenvalue weighted by atomic mass is 10.0. The van der Waals surface area contributed by atoms with Gasteiger partial charge in [-0.2, -0.15) is 13.2 Å². The minimum absolute atomic E-state index is 0.0849. The van der Waals surface area contributed by atoms with Crippen LogP contribution in [0.2, 0.25) is 0 Å². The maximum atomic E-state index is 13.5. The van der Waals surface area contributed by atoms with Gasteiger partial charge in [0.05, 0.1) is 13.5 Å². The van der Waals surface area contributed by atoms with E-state index in [1.165, 1.54) is 6.92 Å². The highest BCUT2D eigenvalue weighted by atomic mass is 19.4. The molecule has 0 bridgehead atoms. The first kappa shape index (κ1) is 25.4. The first-order valence-corrected chi connectivity index (χ1v) is 9.36. The number of nitrogens with one attached hydrogen (secondary N) is 2. The molecule has 10 heteroatoms. The Morgan fingerprint density at radius 3 is 2.13 bits per heavy atom. The predicted molar refractivity (Wildman–Crippen MR) is 102 cm³/mol. The van der Waals surface area contributed by atoms with Crippen LogP contribution in [0.25, 0.3) is 0 Å². The highest BCUT2D eigenvalue weighted by Crippen LogP contribution is 2.24. The number of rotatable bonds is 10. The summed E-state index contributed by atoms with van der Waals surface area (Å²) in [7, 11) is 1.10. The van der Waals surface area contributed by atoms with E-state index in [0.717, 1.165) is 7.11 Å². The summed E-state index contributed by atoms with van der Waals surface area (Å²) in [6.07, 6.45) is -5.82. The minimum Gasteiger partial charge on any atom is -0.467 e. The van der Waals surface area contributed by atoms with Crippen molar-refractivity contribution in [1.29, 1.82) is 0 Å². The Morgan fingerprint density at radius 2 is 1.63 bits per heavy atom. The van der Waals surface area contributed by atoms with Crippen molar-refractivity contribution in [3.63, 3.8) is 0 Å². The Hall–Kier alpha value is -2.62. The largest absolute Gasteiger partial charge is 0.467 e. The summed E-state index contributed by atoms with van der Waals surface area (Å²) in [5.74, 6) is -3.19. The zero-order valence-electron chi connectivity index (χ0n) is 17.3. The molecule has 1 aromatic rings. The minimum atomic E-state index is -4.81. The smallest absolute Gasteiger partial charge is 0.404 e. The number of amides is 1. The molecule has 0 aliphatic carbocycles. The number of alkyl halides is 3. The fourth-order valence-electron chi connectivity index (χ4n) is 2.56. The van der Waals surface area contributed by atoms with Crippen molar-refractivity contribution >= 4 is 17.8 Å². The average molecular weight is 432 g/mol. The number of esters is 2. The molecule has 0 heterocycles. The fourth-order valence-corrected chi connectivity index (χ4v) is 2.56. The van der Waals surface area contributed by atoms with Gasteiger partial charge in [-0.3, -0.25) is 14.9 Å². The van der Waals surface area contributed by atoms with E-state index in [0.29, 0.717) is 5.56 Å². The van der Waals surface area contributed by atoms with Crippen LogP contribution in [0.1, 0.15) is 32.8 Å². The summed E-state index contributed by atoms with van der Waals surface area (Å²) in [5, 5.41) is 4.34. The molecule has 2 N–H and O–H groups in total. The Morgan fingerprint density at radius 1 is 1.03 bits per heavy atom. The fraction of sp³-hybridized carbons (Fsp3) is 0.550. The van der Waals surface area contributed by atoms with Crippen LogP contribution < -0.4 is 10.6 Å². The molecule has 1 rings (SSSR count). The molecule has 0 saturated heterocycles. The van der Waals surface area contributed by atoms with Crippen molar-refractivity contribution in [3.05, 3.63) is 35.9 Å². The summed E-state index contributed by atoms with van der Waals surface area (Å²) < 4.78 is 50.1. The van der Waals surface area contributed by atoms with Crippen LogP contribution in [-0.2, 0) is 30.5 Å². The van der Waals surface area contributed by atoms with Gasteiger partial charge in [0.1, 0.15) is 24.7 Å². The number of methoxy groups -OCH3 is 1. The molecule has 3 atom stereocenters. The second kappa shape index (κ2) is 11.5. The topological polar surface area (TPSA) is 93.7 Å². The van der Waals surface area contributed by atoms with Crippen LogP contribution in [0.15, 0.2) is 30.3 Å². The standard InChI is InChI=1S/C20H27F3N2O5/c1-12(2)17(19(28)30-11-14-8-6-5-7-9-14)25-15(20(21,22)23)10-16(26)24-13(3)18(27)29-4/h5-9,12-13,15,17,25H,10-11H2,1-4H3,(H,24,26)/t13-,15-,17-/m0/s1. The first-order valence-electron chi connectivity index (χ1n) is 9.36. The molecular weight excluding hydrogens is 405 g/mol. The van der Waals surface area contributed by atoms with Gasteiger partial charge >= 0.3 is 18.1 Å². The average Bonchev–Trinajstić information content (AvgIpc) is 2.68. The second-order valence-corrected chi connectivity index (χ2v) is 7.09. The Balaban J connectivity index is 2.81. The molecule has 7 nitrogen and oxygen atoms in total. The van der Waals surface area contributed by atoms with E-state index in [4.69, 9.17) is 4.74 Å². The van der Waals surface area contributed by atoms with Crippen molar-refractivity contribution in [2.75, 3.05) is 7.11 Å². The van der Waals surface area contributed by atoms with Gasteiger partial charge in [0.25, 0.3) is 0 Å². The normalized spacial score (nSPS) is 14.5. The van der Waals surface area contributed by atoms with Crippen LogP contribution >= 0.6 is 0 Å². The van der Waals surface area contributed by atoms with E-state index in [9.17, 15) is 27.6 Å². The zero-order valence-corrected chi connectivity index (χ0v) is 17.3. The van der Waals surface area contributed by atoms with E-state index in [1.807, 2.05) is 0 Å². The Labute approximate surface area is 173 Å². The lowest BCUT2D eigenvalue weighted by Gasteiger charge is -2.28. The molecule has 0 aliphatic heterocycles. The molecule has 0 unspecified atom stereocenters. The zero-order chi connectivity index (χ0) is 22.9. The third-order valence-electron chi connectivity index (χ3n) is 4.24. The number of ether oxygens (including phenoxy) is 2. The van der Waals surface area contributed by atoms with Crippen molar-refractivity contribution in [2.45, 2.75) is 58.1 Å². The summed E-state index contributed by atoms with van der Waals surface area (Å²) >= 11 is 0. The number of carbonyl (C=O) groups excluding carboxylic acids is 3. The van der Waals surface area contributed by atoms with E-state index in [-0.39, 0.29) is 6.61 Å². The lowest BCUT2D eigenvalue weighted by molar-refractivity contribution is -0.169. The maximum Gasteiger partial charge on any atom is 0.404 e. The molecule has 0 spiro atoms. The van der Waals surface area contributed by atoms with Crippen LogP contribution in [0.4, 0.5) is 13.2 Å². The first-order chi connectivity index (χ1) is 14.0. The number of benzene rings is 1. The summed E-state index contributed by atoms with van der Waals surface area (Å²) in [6.45, 7) is 4.33. The lowest BCUT2D eigenvalue weighted by Crippen LogP contribution is -2.55. The predicted octanol–water partition coefficient (Wildman–Crippen LogP) is 2.34. The molecule has 0 aliphatic rings. The van der Waals surface area contributed by atoms with E-state index in [2.05, 4.69) is 15.4 Å². The number of hydrogen-bond acceptors (Lipinski definition) is 6. The highest BCUT2D eigenvalue weighted by Gasteiger charge is 2.44. The van der Waals surface area contributed by atoms with Crippen LogP contribution in [0, 0.1) is 5.92 Å². The number of halogens is 3. The van der Waals surface area contributed by atoms with Crippen LogP contribution in [-0.4, -0.2) is 49.3 Å². The quantitative estimate of drug-likeness (QED) is 0.552. The molecule has 0 aromatic heterocycles. The third kappa shape index (κ3) is 8.40. The molecule has 0 radical (unpaired) electrons. The van der Waals surface area contributed by atoms with Gasteiger partial charge in [0.15, 0.2) is 0 Å². The maximum absolute atomic E-state index is 13.5. The van der Waals surface area contributed by atoms with Crippen molar-refractivity contribution in [2.24, 2.45) is 5.92 Å². The molecule has 0 saturated carbocycles. The SMILES string of the molecule is COC(=O)[C@H](C)NC(=O)C[C@H](N[C@H](C(=O)OCc1ccccc1)C(C)C)C(F)(F)F. The molecule has 30 heavy (non-hydrogen) atoms. The van der Waals surface area contributed by atoms with Gasteiger partial charge in [-0.15, -0.1) is 0 Å². The monoisotopic (exact) mass is 432 g/mol. The molecule has 1 amide bonds. The molecule has 168 valence electrons. The molecular formula is C20H27F3N2O5. The summed E-state index contributed by atoms with van der Waals surface area (Å²) in [4.78, 5) is 35.7. The van der Waals surface area contributed by atoms with Crippen LogP contribution in [0.3, 0.4) is 0 Å². The van der Waals surface area contributed by atoms with Crippen molar-refractivity contribution in [1.82, 2.24) is 10.6 Å². The van der Waals surface area contributed by atoms with E-state index >= 15 is 0 Å². The Kier molecular flexibility index (Phi) is 9.77.